The lowest BCUT2D eigenvalue weighted by Crippen LogP contribution is -2.16. The molecule has 1 heterocycles. The Hall–Kier alpha value is -2.70. The van der Waals surface area contributed by atoms with Crippen molar-refractivity contribution >= 4 is 0 Å². The molecule has 6 heteroatoms. The van der Waals surface area contributed by atoms with Gasteiger partial charge in [0.2, 0.25) is 0 Å². The summed E-state index contributed by atoms with van der Waals surface area (Å²) in [6.45, 7) is 3.54. The lowest BCUT2D eigenvalue weighted by Gasteiger charge is -2.18. The van der Waals surface area contributed by atoms with Crippen LogP contribution in [0.15, 0.2) is 18.5 Å². The van der Waals surface area contributed by atoms with Gasteiger partial charge in [0.05, 0.1) is 5.69 Å². The van der Waals surface area contributed by atoms with Crippen molar-refractivity contribution in [2.45, 2.75) is 19.9 Å². The fourth-order valence-corrected chi connectivity index (χ4v) is 2.11. The van der Waals surface area contributed by atoms with Gasteiger partial charge >= 0.3 is 0 Å². The monoisotopic (exact) mass is 283 g/mol. The number of hydrogen-bond donors (Lipinski definition) is 1. The molecule has 0 spiro atoms. The molecule has 0 saturated carbocycles. The first-order valence-electron chi connectivity index (χ1n) is 6.38. The first-order chi connectivity index (χ1) is 10.0. The molecule has 21 heavy (non-hydrogen) atoms. The first kappa shape index (κ1) is 14.7. The summed E-state index contributed by atoms with van der Waals surface area (Å²) in [4.78, 5) is 3.93. The van der Waals surface area contributed by atoms with Gasteiger partial charge in [0.15, 0.2) is 11.4 Å². The summed E-state index contributed by atoms with van der Waals surface area (Å²) >= 11 is 0. The van der Waals surface area contributed by atoms with Gasteiger partial charge in [-0.2, -0.15) is 10.5 Å². The second-order valence-electron chi connectivity index (χ2n) is 4.71. The van der Waals surface area contributed by atoms with E-state index in [1.54, 1.807) is 20.0 Å². The summed E-state index contributed by atoms with van der Waals surface area (Å²) < 4.78 is 15.4. The maximum atomic E-state index is 13.9. The average Bonchev–Trinajstić information content (AvgIpc) is 2.91. The molecule has 0 aliphatic carbocycles. The SMILES string of the molecule is CNC(C)c1cc(F)c(C)cc1-n1cnc(C#N)c1C#N. The molecule has 1 atom stereocenters. The van der Waals surface area contributed by atoms with Crippen LogP contribution in [0.25, 0.3) is 5.69 Å². The van der Waals surface area contributed by atoms with Crippen molar-refractivity contribution in [2.75, 3.05) is 7.05 Å². The molecule has 1 unspecified atom stereocenters. The van der Waals surface area contributed by atoms with Gasteiger partial charge in [-0.25, -0.2) is 9.37 Å². The molecule has 2 aromatic rings. The van der Waals surface area contributed by atoms with E-state index in [4.69, 9.17) is 5.26 Å². The van der Waals surface area contributed by atoms with Gasteiger partial charge in [-0.05, 0) is 44.2 Å². The number of halogens is 1. The minimum atomic E-state index is -0.310. The Morgan fingerprint density at radius 3 is 2.62 bits per heavy atom. The number of nitriles is 2. The van der Waals surface area contributed by atoms with Crippen LogP contribution >= 0.6 is 0 Å². The fourth-order valence-electron chi connectivity index (χ4n) is 2.11. The summed E-state index contributed by atoms with van der Waals surface area (Å²) in [7, 11) is 1.77. The lowest BCUT2D eigenvalue weighted by atomic mass is 10.0. The van der Waals surface area contributed by atoms with Crippen LogP contribution in [-0.2, 0) is 0 Å². The molecule has 0 aliphatic heterocycles. The molecule has 1 N–H and O–H groups in total. The highest BCUT2D eigenvalue weighted by molar-refractivity contribution is 5.51. The van der Waals surface area contributed by atoms with Crippen molar-refractivity contribution in [3.05, 3.63) is 46.8 Å². The summed E-state index contributed by atoms with van der Waals surface area (Å²) in [5.41, 5.74) is 2.00. The first-order valence-corrected chi connectivity index (χ1v) is 6.38. The zero-order valence-corrected chi connectivity index (χ0v) is 12.0. The van der Waals surface area contributed by atoms with Gasteiger partial charge in [0.1, 0.15) is 24.3 Å². The van der Waals surface area contributed by atoms with E-state index < -0.39 is 0 Å². The van der Waals surface area contributed by atoms with Gasteiger partial charge in [0, 0.05) is 6.04 Å². The molecule has 1 aromatic heterocycles. The molecule has 0 bridgehead atoms. The van der Waals surface area contributed by atoms with Crippen molar-refractivity contribution in [1.82, 2.24) is 14.9 Å². The largest absolute Gasteiger partial charge is 0.313 e. The van der Waals surface area contributed by atoms with Crippen molar-refractivity contribution in [2.24, 2.45) is 0 Å². The molecule has 106 valence electrons. The fraction of sp³-hybridized carbons (Fsp3) is 0.267. The average molecular weight is 283 g/mol. The number of imidazole rings is 1. The molecule has 5 nitrogen and oxygen atoms in total. The number of nitrogens with zero attached hydrogens (tertiary/aromatic N) is 4. The number of hydrogen-bond acceptors (Lipinski definition) is 4. The topological polar surface area (TPSA) is 77.4 Å². The van der Waals surface area contributed by atoms with E-state index in [0.29, 0.717) is 16.8 Å². The number of aromatic nitrogens is 2. The quantitative estimate of drug-likeness (QED) is 0.938. The molecular formula is C15H14FN5. The maximum absolute atomic E-state index is 13.9. The highest BCUT2D eigenvalue weighted by Crippen LogP contribution is 2.26. The predicted octanol–water partition coefficient (Wildman–Crippen LogP) is 2.34. The molecule has 1 aromatic carbocycles. The van der Waals surface area contributed by atoms with Crippen molar-refractivity contribution < 1.29 is 4.39 Å². The van der Waals surface area contributed by atoms with Crippen LogP contribution < -0.4 is 5.32 Å². The minimum absolute atomic E-state index is 0.0579. The standard InChI is InChI=1S/C15H14FN5/c1-9-4-14(11(5-12(9)16)10(2)19-3)21-8-20-13(6-17)15(21)7-18/h4-5,8,10,19H,1-3H3. The van der Waals surface area contributed by atoms with E-state index >= 15 is 0 Å². The number of nitrogens with one attached hydrogen (secondary N) is 1. The number of aryl methyl sites for hydroxylation is 1. The van der Waals surface area contributed by atoms with E-state index in [0.717, 1.165) is 0 Å². The Labute approximate surface area is 122 Å². The van der Waals surface area contributed by atoms with E-state index in [1.165, 1.54) is 17.0 Å². The Morgan fingerprint density at radius 2 is 2.05 bits per heavy atom. The molecule has 0 amide bonds. The maximum Gasteiger partial charge on any atom is 0.177 e. The summed E-state index contributed by atoms with van der Waals surface area (Å²) in [6.07, 6.45) is 1.41. The third-order valence-electron chi connectivity index (χ3n) is 3.45. The smallest absolute Gasteiger partial charge is 0.177 e. The van der Waals surface area contributed by atoms with Crippen LogP contribution in [0.4, 0.5) is 4.39 Å². The third-order valence-corrected chi connectivity index (χ3v) is 3.45. The lowest BCUT2D eigenvalue weighted by molar-refractivity contribution is 0.599. The van der Waals surface area contributed by atoms with Gasteiger partial charge < -0.3 is 5.32 Å². The Bertz CT molecular complexity index is 764. The number of benzene rings is 1. The van der Waals surface area contributed by atoms with E-state index in [-0.39, 0.29) is 23.2 Å². The Kier molecular flexibility index (Phi) is 4.02. The minimum Gasteiger partial charge on any atom is -0.313 e. The molecule has 0 fully saturated rings. The van der Waals surface area contributed by atoms with Crippen LogP contribution in [0.2, 0.25) is 0 Å². The molecule has 0 aliphatic rings. The summed E-state index contributed by atoms with van der Waals surface area (Å²) in [5, 5.41) is 21.3. The molecule has 2 rings (SSSR count). The van der Waals surface area contributed by atoms with Crippen molar-refractivity contribution in [3.63, 3.8) is 0 Å². The van der Waals surface area contributed by atoms with E-state index in [1.807, 2.05) is 19.1 Å². The van der Waals surface area contributed by atoms with E-state index in [2.05, 4.69) is 10.3 Å². The third kappa shape index (κ3) is 2.49. The molecule has 0 radical (unpaired) electrons. The molecule has 0 saturated heterocycles. The van der Waals surface area contributed by atoms with E-state index in [9.17, 15) is 9.65 Å². The van der Waals surface area contributed by atoms with Gasteiger partial charge in [-0.1, -0.05) is 0 Å². The van der Waals surface area contributed by atoms with Gasteiger partial charge in [-0.3, -0.25) is 4.57 Å². The summed E-state index contributed by atoms with van der Waals surface area (Å²) in [6, 6.07) is 6.84. The van der Waals surface area contributed by atoms with Gasteiger partial charge in [-0.15, -0.1) is 0 Å². The van der Waals surface area contributed by atoms with Crippen LogP contribution in [0.5, 0.6) is 0 Å². The van der Waals surface area contributed by atoms with Crippen LogP contribution in [0.3, 0.4) is 0 Å². The Balaban J connectivity index is 2.75. The van der Waals surface area contributed by atoms with Gasteiger partial charge in [0.25, 0.3) is 0 Å². The highest BCUT2D eigenvalue weighted by Gasteiger charge is 2.18. The zero-order chi connectivity index (χ0) is 15.6. The highest BCUT2D eigenvalue weighted by atomic mass is 19.1. The Morgan fingerprint density at radius 1 is 1.33 bits per heavy atom. The number of rotatable bonds is 3. The van der Waals surface area contributed by atoms with Crippen LogP contribution in [0.1, 0.15) is 35.5 Å². The molecular weight excluding hydrogens is 269 g/mol. The second kappa shape index (κ2) is 5.74. The zero-order valence-electron chi connectivity index (χ0n) is 12.0. The second-order valence-corrected chi connectivity index (χ2v) is 4.71. The normalized spacial score (nSPS) is 11.7. The summed E-state index contributed by atoms with van der Waals surface area (Å²) in [5.74, 6) is -0.310. The van der Waals surface area contributed by atoms with Crippen molar-refractivity contribution in [1.29, 1.82) is 10.5 Å². The van der Waals surface area contributed by atoms with Crippen molar-refractivity contribution in [3.8, 4) is 17.8 Å². The van der Waals surface area contributed by atoms with Crippen LogP contribution in [-0.4, -0.2) is 16.6 Å². The predicted molar refractivity (Wildman–Crippen MR) is 75.2 cm³/mol. The van der Waals surface area contributed by atoms with Crippen LogP contribution in [0, 0.1) is 35.4 Å².